The highest BCUT2D eigenvalue weighted by Crippen LogP contribution is 2.34. The maximum atomic E-state index is 6.29. The molecule has 7 N–H and O–H groups in total. The van der Waals surface area contributed by atoms with Crippen LogP contribution in [0.15, 0.2) is 17.3 Å². The molecule has 0 fully saturated rings. The molecule has 0 amide bonds. The minimum absolute atomic E-state index is 0.227. The maximum Gasteiger partial charge on any atom is 0.196 e. The Morgan fingerprint density at radius 3 is 2.88 bits per heavy atom. The van der Waals surface area contributed by atoms with Crippen molar-refractivity contribution >= 4 is 11.8 Å². The molecule has 0 aliphatic carbocycles. The number of guanidine groups is 1. The number of aromatic nitrogens is 4. The van der Waals surface area contributed by atoms with Crippen molar-refractivity contribution in [2.45, 2.75) is 12.6 Å². The van der Waals surface area contributed by atoms with Gasteiger partial charge in [0.1, 0.15) is 11.5 Å². The lowest BCUT2D eigenvalue weighted by Crippen LogP contribution is -2.44. The van der Waals surface area contributed by atoms with Gasteiger partial charge in [-0.3, -0.25) is 15.9 Å². The topological polar surface area (TPSA) is 134 Å². The number of aliphatic imine (C=N–C) groups is 1. The van der Waals surface area contributed by atoms with Gasteiger partial charge in [0.25, 0.3) is 0 Å². The number of rotatable bonds is 1. The molecule has 1 unspecified atom stereocenters. The average Bonchev–Trinajstić information content (AvgIpc) is 2.86. The first-order valence-electron chi connectivity index (χ1n) is 5.07. The molecular formula is C9H12N8. The van der Waals surface area contributed by atoms with E-state index in [1.165, 1.54) is 0 Å². The van der Waals surface area contributed by atoms with Crippen molar-refractivity contribution < 1.29 is 0 Å². The molecule has 2 aromatic rings. The molecule has 0 aromatic carbocycles. The van der Waals surface area contributed by atoms with Gasteiger partial charge in [0.2, 0.25) is 0 Å². The summed E-state index contributed by atoms with van der Waals surface area (Å²) in [6, 6.07) is 1.83. The van der Waals surface area contributed by atoms with E-state index in [4.69, 9.17) is 11.5 Å². The van der Waals surface area contributed by atoms with E-state index in [-0.39, 0.29) is 5.96 Å². The number of aryl methyl sites for hydroxylation is 1. The Labute approximate surface area is 96.5 Å². The highest BCUT2D eigenvalue weighted by Gasteiger charge is 2.38. The fraction of sp³-hybridized carbons (Fsp3) is 0.222. The first-order chi connectivity index (χ1) is 8.09. The molecule has 8 nitrogen and oxygen atoms in total. The summed E-state index contributed by atoms with van der Waals surface area (Å²) in [4.78, 5) is 4.23. The van der Waals surface area contributed by atoms with Crippen LogP contribution in [0.4, 0.5) is 5.82 Å². The van der Waals surface area contributed by atoms with Crippen LogP contribution in [0.1, 0.15) is 17.0 Å². The Kier molecular flexibility index (Phi) is 1.78. The Morgan fingerprint density at radius 1 is 1.35 bits per heavy atom. The van der Waals surface area contributed by atoms with Crippen molar-refractivity contribution in [2.24, 2.45) is 16.5 Å². The summed E-state index contributed by atoms with van der Waals surface area (Å²) in [5.74, 6) is 0.866. The summed E-state index contributed by atoms with van der Waals surface area (Å²) < 4.78 is 0. The number of nitrogens with one attached hydrogen (secondary N) is 3. The predicted molar refractivity (Wildman–Crippen MR) is 62.1 cm³/mol. The second-order valence-corrected chi connectivity index (χ2v) is 3.98. The highest BCUT2D eigenvalue weighted by atomic mass is 15.3. The smallest absolute Gasteiger partial charge is 0.196 e. The molecule has 1 atom stereocenters. The van der Waals surface area contributed by atoms with Crippen molar-refractivity contribution in [3.05, 3.63) is 29.2 Å². The molecule has 0 saturated heterocycles. The average molecular weight is 232 g/mol. The van der Waals surface area contributed by atoms with Crippen LogP contribution >= 0.6 is 0 Å². The number of fused-ring (bicyclic) bond motifs is 1. The summed E-state index contributed by atoms with van der Waals surface area (Å²) in [6.07, 6.45) is 1.61. The summed E-state index contributed by atoms with van der Waals surface area (Å²) >= 11 is 0. The Morgan fingerprint density at radius 2 is 2.18 bits per heavy atom. The number of hydrogen-bond donors (Lipinski definition) is 5. The molecular weight excluding hydrogens is 220 g/mol. The number of hydrogen-bond acceptors (Lipinski definition) is 6. The van der Waals surface area contributed by atoms with Gasteiger partial charge in [-0.2, -0.15) is 10.2 Å². The Balaban J connectivity index is 2.21. The number of nitrogens with zero attached hydrogens (tertiary/aromatic N) is 3. The predicted octanol–water partition coefficient (Wildman–Crippen LogP) is -0.659. The summed E-state index contributed by atoms with van der Waals surface area (Å²) in [5, 5.41) is 16.6. The third kappa shape index (κ3) is 1.31. The fourth-order valence-electron chi connectivity index (χ4n) is 1.89. The normalized spacial score (nSPS) is 22.8. The minimum Gasteiger partial charge on any atom is -0.370 e. The lowest BCUT2D eigenvalue weighted by Gasteiger charge is -2.27. The van der Waals surface area contributed by atoms with E-state index in [2.05, 4.69) is 30.7 Å². The molecule has 0 saturated carbocycles. The van der Waals surface area contributed by atoms with E-state index in [0.29, 0.717) is 17.1 Å². The molecule has 3 rings (SSSR count). The van der Waals surface area contributed by atoms with Crippen LogP contribution in [0.5, 0.6) is 0 Å². The standard InChI is InChI=1S/C9H12N8/c1-4-2-6(16-15-4)9(11)5-3-12-17-7(5)13-8(10)14-9/h2-3H,11H2,1H3,(H,15,16)(H4,10,12,13,14,17). The van der Waals surface area contributed by atoms with Gasteiger partial charge in [-0.15, -0.1) is 0 Å². The monoisotopic (exact) mass is 232 g/mol. The quantitative estimate of drug-likeness (QED) is 0.445. The number of H-pyrrole nitrogens is 2. The first kappa shape index (κ1) is 9.85. The van der Waals surface area contributed by atoms with Crippen molar-refractivity contribution in [3.8, 4) is 0 Å². The highest BCUT2D eigenvalue weighted by molar-refractivity contribution is 5.94. The van der Waals surface area contributed by atoms with Crippen LogP contribution in [-0.2, 0) is 5.66 Å². The van der Waals surface area contributed by atoms with E-state index >= 15 is 0 Å². The zero-order valence-electron chi connectivity index (χ0n) is 9.15. The number of nitrogens with two attached hydrogens (primary N) is 2. The fourth-order valence-corrected chi connectivity index (χ4v) is 1.89. The third-order valence-corrected chi connectivity index (χ3v) is 2.70. The zero-order chi connectivity index (χ0) is 12.0. The van der Waals surface area contributed by atoms with Gasteiger partial charge in [-0.1, -0.05) is 0 Å². The second kappa shape index (κ2) is 3.08. The molecule has 0 spiro atoms. The van der Waals surface area contributed by atoms with Crippen molar-refractivity contribution in [1.29, 1.82) is 0 Å². The van der Waals surface area contributed by atoms with E-state index in [1.807, 2.05) is 13.0 Å². The van der Waals surface area contributed by atoms with Gasteiger partial charge < -0.3 is 11.1 Å². The first-order valence-corrected chi connectivity index (χ1v) is 5.07. The van der Waals surface area contributed by atoms with Gasteiger partial charge in [0, 0.05) is 5.69 Å². The van der Waals surface area contributed by atoms with E-state index in [0.717, 1.165) is 5.69 Å². The molecule has 1 aliphatic heterocycles. The van der Waals surface area contributed by atoms with Crippen molar-refractivity contribution in [1.82, 2.24) is 20.4 Å². The molecule has 0 bridgehead atoms. The molecule has 17 heavy (non-hydrogen) atoms. The summed E-state index contributed by atoms with van der Waals surface area (Å²) in [7, 11) is 0. The minimum atomic E-state index is -1.11. The van der Waals surface area contributed by atoms with Crippen LogP contribution < -0.4 is 16.8 Å². The van der Waals surface area contributed by atoms with Gasteiger partial charge in [0.15, 0.2) is 11.6 Å². The van der Waals surface area contributed by atoms with Crippen molar-refractivity contribution in [2.75, 3.05) is 5.32 Å². The SMILES string of the molecule is Cc1cc(C2(N)N=C(N)Nc3[nH]ncc32)n[nH]1. The number of aromatic amines is 2. The van der Waals surface area contributed by atoms with Gasteiger partial charge in [-0.25, -0.2) is 4.99 Å². The van der Waals surface area contributed by atoms with Gasteiger partial charge in [-0.05, 0) is 13.0 Å². The van der Waals surface area contributed by atoms with E-state index < -0.39 is 5.66 Å². The van der Waals surface area contributed by atoms with Crippen LogP contribution in [-0.4, -0.2) is 26.4 Å². The molecule has 88 valence electrons. The Bertz CT molecular complexity index is 594. The molecule has 8 heteroatoms. The molecule has 1 aliphatic rings. The molecule has 0 radical (unpaired) electrons. The van der Waals surface area contributed by atoms with E-state index in [9.17, 15) is 0 Å². The number of anilines is 1. The maximum absolute atomic E-state index is 6.29. The summed E-state index contributed by atoms with van der Waals surface area (Å²) in [5.41, 5.74) is 13.1. The molecule has 3 heterocycles. The van der Waals surface area contributed by atoms with Gasteiger partial charge >= 0.3 is 0 Å². The third-order valence-electron chi connectivity index (χ3n) is 2.70. The Hall–Kier alpha value is -2.35. The van der Waals surface area contributed by atoms with Crippen LogP contribution in [0, 0.1) is 6.92 Å². The van der Waals surface area contributed by atoms with Crippen LogP contribution in [0.25, 0.3) is 0 Å². The van der Waals surface area contributed by atoms with Crippen LogP contribution in [0.3, 0.4) is 0 Å². The summed E-state index contributed by atoms with van der Waals surface area (Å²) in [6.45, 7) is 1.89. The molecule has 2 aromatic heterocycles. The lowest BCUT2D eigenvalue weighted by molar-refractivity contribution is 0.546. The van der Waals surface area contributed by atoms with E-state index in [1.54, 1.807) is 6.20 Å². The lowest BCUT2D eigenvalue weighted by atomic mass is 9.98. The zero-order valence-corrected chi connectivity index (χ0v) is 9.15. The second-order valence-electron chi connectivity index (χ2n) is 3.98. The van der Waals surface area contributed by atoms with Crippen molar-refractivity contribution in [3.63, 3.8) is 0 Å². The largest absolute Gasteiger partial charge is 0.370 e. The van der Waals surface area contributed by atoms with Gasteiger partial charge in [0.05, 0.1) is 11.8 Å². The van der Waals surface area contributed by atoms with Crippen LogP contribution in [0.2, 0.25) is 0 Å².